The van der Waals surface area contributed by atoms with Gasteiger partial charge in [-0.15, -0.1) is 24.0 Å². The van der Waals surface area contributed by atoms with Gasteiger partial charge in [0, 0.05) is 40.0 Å². The molecule has 30 heavy (non-hydrogen) atoms. The Kier molecular flexibility index (Phi) is 11.9. The van der Waals surface area contributed by atoms with E-state index >= 15 is 0 Å². The normalized spacial score (nSPS) is 15.8. The average Bonchev–Trinajstić information content (AvgIpc) is 2.69. The van der Waals surface area contributed by atoms with Crippen LogP contribution in [-0.2, 0) is 22.2 Å². The molecule has 1 aliphatic heterocycles. The largest absolute Gasteiger partial charge is 0.416 e. The van der Waals surface area contributed by atoms with Crippen molar-refractivity contribution < 1.29 is 27.0 Å². The fourth-order valence-electron chi connectivity index (χ4n) is 3.22. The van der Waals surface area contributed by atoms with Crippen LogP contribution in [0.4, 0.5) is 17.6 Å². The summed E-state index contributed by atoms with van der Waals surface area (Å²) < 4.78 is 63.7. The maximum Gasteiger partial charge on any atom is 0.416 e. The first kappa shape index (κ1) is 26.9. The molecule has 0 spiro atoms. The van der Waals surface area contributed by atoms with Crippen molar-refractivity contribution in [1.29, 1.82) is 0 Å². The van der Waals surface area contributed by atoms with Crippen LogP contribution in [0.1, 0.15) is 37.3 Å². The Morgan fingerprint density at radius 1 is 1.23 bits per heavy atom. The van der Waals surface area contributed by atoms with Gasteiger partial charge in [0.25, 0.3) is 0 Å². The van der Waals surface area contributed by atoms with Gasteiger partial charge in [-0.05, 0) is 43.9 Å². The molecule has 0 unspecified atom stereocenters. The van der Waals surface area contributed by atoms with Gasteiger partial charge in [-0.25, -0.2) is 9.38 Å². The molecule has 1 aliphatic rings. The lowest BCUT2D eigenvalue weighted by Gasteiger charge is -2.34. The first-order valence-electron chi connectivity index (χ1n) is 9.84. The first-order chi connectivity index (χ1) is 13.8. The maximum atomic E-state index is 13.3. The zero-order valence-electron chi connectivity index (χ0n) is 17.3. The third kappa shape index (κ3) is 8.54. The fourth-order valence-corrected chi connectivity index (χ4v) is 3.22. The van der Waals surface area contributed by atoms with Crippen LogP contribution in [0.2, 0.25) is 0 Å². The fraction of sp³-hybridized carbons (Fsp3) is 0.650. The second-order valence-corrected chi connectivity index (χ2v) is 6.87. The highest BCUT2D eigenvalue weighted by molar-refractivity contribution is 14.0. The number of guanidine groups is 1. The molecule has 0 atom stereocenters. The minimum atomic E-state index is -4.62. The van der Waals surface area contributed by atoms with E-state index < -0.39 is 17.6 Å². The van der Waals surface area contributed by atoms with Gasteiger partial charge in [0.15, 0.2) is 5.96 Å². The smallest absolute Gasteiger partial charge is 0.385 e. The van der Waals surface area contributed by atoms with Crippen molar-refractivity contribution in [2.75, 3.05) is 40.0 Å². The Morgan fingerprint density at radius 2 is 1.93 bits per heavy atom. The summed E-state index contributed by atoms with van der Waals surface area (Å²) in [5, 5.41) is 3.13. The molecule has 172 valence electrons. The van der Waals surface area contributed by atoms with Crippen LogP contribution in [0.25, 0.3) is 0 Å². The van der Waals surface area contributed by atoms with Gasteiger partial charge in [0.1, 0.15) is 5.82 Å². The second-order valence-electron chi connectivity index (χ2n) is 6.87. The Balaban J connectivity index is 0.00000450. The molecule has 1 aromatic rings. The van der Waals surface area contributed by atoms with Gasteiger partial charge in [0.2, 0.25) is 0 Å². The molecule has 1 N–H and O–H groups in total. The van der Waals surface area contributed by atoms with E-state index in [1.54, 1.807) is 7.11 Å². The van der Waals surface area contributed by atoms with Crippen molar-refractivity contribution in [3.63, 3.8) is 0 Å². The number of likely N-dealkylation sites (tertiary alicyclic amines) is 1. The van der Waals surface area contributed by atoms with Gasteiger partial charge in [-0.1, -0.05) is 6.07 Å². The molecular formula is C20H30F4IN3O2. The van der Waals surface area contributed by atoms with Crippen LogP contribution in [-0.4, -0.2) is 56.9 Å². The second kappa shape index (κ2) is 13.3. The topological polar surface area (TPSA) is 46.1 Å². The zero-order chi connectivity index (χ0) is 21.3. The molecule has 10 heteroatoms. The van der Waals surface area contributed by atoms with Crippen LogP contribution in [0.5, 0.6) is 0 Å². The molecule has 1 fully saturated rings. The molecule has 1 aromatic carbocycles. The summed E-state index contributed by atoms with van der Waals surface area (Å²) in [5.41, 5.74) is -1.04. The lowest BCUT2D eigenvalue weighted by molar-refractivity contribution is -0.138. The van der Waals surface area contributed by atoms with E-state index in [1.807, 2.05) is 11.8 Å². The SMILES string of the molecule is CCNC(=NCc1ccc(F)cc1C(F)(F)F)N1CCC(OCCCOC)CC1.I. The minimum absolute atomic E-state index is 0. The molecule has 1 saturated heterocycles. The number of methoxy groups -OCH3 is 1. The Morgan fingerprint density at radius 3 is 2.53 bits per heavy atom. The summed E-state index contributed by atoms with van der Waals surface area (Å²) in [6, 6.07) is 2.69. The van der Waals surface area contributed by atoms with Crippen molar-refractivity contribution in [2.24, 2.45) is 4.99 Å². The molecular weight excluding hydrogens is 517 g/mol. The summed E-state index contributed by atoms with van der Waals surface area (Å²) in [4.78, 5) is 6.40. The van der Waals surface area contributed by atoms with E-state index in [9.17, 15) is 17.6 Å². The highest BCUT2D eigenvalue weighted by atomic mass is 127. The summed E-state index contributed by atoms with van der Waals surface area (Å²) in [6.45, 7) is 5.05. The number of benzene rings is 1. The quantitative estimate of drug-likeness (QED) is 0.172. The first-order valence-corrected chi connectivity index (χ1v) is 9.84. The molecule has 0 saturated carbocycles. The number of alkyl halides is 3. The third-order valence-electron chi connectivity index (χ3n) is 4.70. The molecule has 1 heterocycles. The molecule has 0 radical (unpaired) electrons. The Bertz CT molecular complexity index is 666. The summed E-state index contributed by atoms with van der Waals surface area (Å²) in [7, 11) is 1.66. The Hall–Kier alpha value is -1.14. The van der Waals surface area contributed by atoms with E-state index in [0.29, 0.717) is 44.9 Å². The number of aliphatic imine (C=N–C) groups is 1. The highest BCUT2D eigenvalue weighted by Crippen LogP contribution is 2.33. The monoisotopic (exact) mass is 547 g/mol. The van der Waals surface area contributed by atoms with E-state index in [0.717, 1.165) is 31.4 Å². The summed E-state index contributed by atoms with van der Waals surface area (Å²) in [6.07, 6.45) is -1.97. The van der Waals surface area contributed by atoms with Crippen molar-refractivity contribution in [3.05, 3.63) is 35.1 Å². The zero-order valence-corrected chi connectivity index (χ0v) is 19.6. The predicted octanol–water partition coefficient (Wildman–Crippen LogP) is 4.45. The number of ether oxygens (including phenoxy) is 2. The number of hydrogen-bond acceptors (Lipinski definition) is 3. The van der Waals surface area contributed by atoms with Crippen molar-refractivity contribution in [1.82, 2.24) is 10.2 Å². The van der Waals surface area contributed by atoms with Gasteiger partial charge in [-0.3, -0.25) is 0 Å². The number of halogens is 5. The van der Waals surface area contributed by atoms with Crippen LogP contribution >= 0.6 is 24.0 Å². The van der Waals surface area contributed by atoms with Crippen LogP contribution in [0.15, 0.2) is 23.2 Å². The molecule has 0 aliphatic carbocycles. The molecule has 2 rings (SSSR count). The van der Waals surface area contributed by atoms with E-state index in [1.165, 1.54) is 0 Å². The van der Waals surface area contributed by atoms with Crippen LogP contribution in [0, 0.1) is 5.82 Å². The molecule has 0 bridgehead atoms. The van der Waals surface area contributed by atoms with Gasteiger partial charge >= 0.3 is 6.18 Å². The number of rotatable bonds is 8. The highest BCUT2D eigenvalue weighted by Gasteiger charge is 2.33. The number of nitrogens with zero attached hydrogens (tertiary/aromatic N) is 2. The average molecular weight is 547 g/mol. The number of hydrogen-bond donors (Lipinski definition) is 1. The van der Waals surface area contributed by atoms with Crippen LogP contribution < -0.4 is 5.32 Å². The molecule has 0 aromatic heterocycles. The lowest BCUT2D eigenvalue weighted by atomic mass is 10.1. The number of piperidine rings is 1. The Labute approximate surface area is 192 Å². The lowest BCUT2D eigenvalue weighted by Crippen LogP contribution is -2.47. The molecule has 0 amide bonds. The minimum Gasteiger partial charge on any atom is -0.385 e. The summed E-state index contributed by atoms with van der Waals surface area (Å²) >= 11 is 0. The standard InChI is InChI=1S/C20H29F4N3O2.HI/c1-3-25-19(27-9-7-17(8-10-27)29-12-4-11-28-2)26-14-15-5-6-16(21)13-18(15)20(22,23)24;/h5-6,13,17H,3-4,7-12,14H2,1-2H3,(H,25,26);1H. The van der Waals surface area contributed by atoms with E-state index in [-0.39, 0.29) is 42.2 Å². The summed E-state index contributed by atoms with van der Waals surface area (Å²) in [5.74, 6) is -0.354. The van der Waals surface area contributed by atoms with E-state index in [2.05, 4.69) is 10.3 Å². The maximum absolute atomic E-state index is 13.3. The number of nitrogens with one attached hydrogen (secondary N) is 1. The van der Waals surface area contributed by atoms with E-state index in [4.69, 9.17) is 9.47 Å². The third-order valence-corrected chi connectivity index (χ3v) is 4.70. The van der Waals surface area contributed by atoms with Gasteiger partial charge < -0.3 is 19.7 Å². The van der Waals surface area contributed by atoms with Crippen molar-refractivity contribution >= 4 is 29.9 Å². The predicted molar refractivity (Wildman–Crippen MR) is 119 cm³/mol. The molecule has 5 nitrogen and oxygen atoms in total. The van der Waals surface area contributed by atoms with Crippen molar-refractivity contribution in [3.8, 4) is 0 Å². The van der Waals surface area contributed by atoms with Crippen LogP contribution in [0.3, 0.4) is 0 Å². The van der Waals surface area contributed by atoms with Crippen molar-refractivity contribution in [2.45, 2.75) is 45.0 Å². The van der Waals surface area contributed by atoms with Gasteiger partial charge in [-0.2, -0.15) is 13.2 Å². The van der Waals surface area contributed by atoms with Gasteiger partial charge in [0.05, 0.1) is 18.2 Å².